The van der Waals surface area contributed by atoms with Crippen LogP contribution in [0.25, 0.3) is 0 Å². The van der Waals surface area contributed by atoms with Crippen LogP contribution in [0.3, 0.4) is 0 Å². The van der Waals surface area contributed by atoms with Crippen molar-refractivity contribution in [2.24, 2.45) is 22.9 Å². The molecule has 0 bridgehead atoms. The quantitative estimate of drug-likeness (QED) is 0.0575. The van der Waals surface area contributed by atoms with E-state index in [1.807, 2.05) is 5.32 Å². The number of thiol groups is 1. The summed E-state index contributed by atoms with van der Waals surface area (Å²) in [5.74, 6) is -6.93. The first-order valence-corrected chi connectivity index (χ1v) is 11.9. The summed E-state index contributed by atoms with van der Waals surface area (Å²) in [6, 6.07) is -6.61. The maximum atomic E-state index is 13.0. The minimum atomic E-state index is -1.72. The summed E-state index contributed by atoms with van der Waals surface area (Å²) in [4.78, 5) is 84.0. The number of carbonyl (C=O) groups is 7. The SMILES string of the molecule is C[C@H](NC(=O)[C@@H](N)CS)C(=O)N[C@@H](CCCCN)C(=O)N[C@@H](CC(N)=O)C(=O)N[C@@H](CC(N)=O)C(=O)O. The summed E-state index contributed by atoms with van der Waals surface area (Å²) in [5, 5.41) is 18.3. The van der Waals surface area contributed by atoms with Crippen LogP contribution in [0.15, 0.2) is 0 Å². The van der Waals surface area contributed by atoms with Gasteiger partial charge < -0.3 is 49.3 Å². The number of primary amides is 2. The van der Waals surface area contributed by atoms with Crippen LogP contribution in [0.4, 0.5) is 0 Å². The molecule has 0 unspecified atom stereocenters. The molecule has 0 saturated carbocycles. The molecule has 210 valence electrons. The van der Waals surface area contributed by atoms with Gasteiger partial charge in [-0.1, -0.05) is 0 Å². The highest BCUT2D eigenvalue weighted by Gasteiger charge is 2.32. The maximum absolute atomic E-state index is 13.0. The lowest BCUT2D eigenvalue weighted by Gasteiger charge is -2.25. The first-order valence-electron chi connectivity index (χ1n) is 11.3. The summed E-state index contributed by atoms with van der Waals surface area (Å²) in [5.41, 5.74) is 21.2. The predicted molar refractivity (Wildman–Crippen MR) is 133 cm³/mol. The lowest BCUT2D eigenvalue weighted by molar-refractivity contribution is -0.144. The Kier molecular flexibility index (Phi) is 15.5. The second kappa shape index (κ2) is 17.1. The summed E-state index contributed by atoms with van der Waals surface area (Å²) in [6.07, 6.45) is -0.474. The largest absolute Gasteiger partial charge is 0.480 e. The molecule has 0 aromatic heterocycles. The normalized spacial score (nSPS) is 14.7. The molecular weight excluding hydrogens is 512 g/mol. The third kappa shape index (κ3) is 13.4. The minimum absolute atomic E-state index is 0.0375. The molecule has 0 saturated heterocycles. The fourth-order valence-corrected chi connectivity index (χ4v) is 3.05. The first kappa shape index (κ1) is 33.6. The van der Waals surface area contributed by atoms with Gasteiger partial charge in [0, 0.05) is 5.75 Å². The van der Waals surface area contributed by atoms with Crippen molar-refractivity contribution < 1.29 is 38.7 Å². The maximum Gasteiger partial charge on any atom is 0.326 e. The molecule has 13 N–H and O–H groups in total. The molecule has 0 aromatic carbocycles. The van der Waals surface area contributed by atoms with E-state index in [9.17, 15) is 38.7 Å². The van der Waals surface area contributed by atoms with Crippen molar-refractivity contribution in [1.82, 2.24) is 21.3 Å². The Balaban J connectivity index is 5.60. The third-order valence-electron chi connectivity index (χ3n) is 4.92. The number of unbranched alkanes of at least 4 members (excludes halogenated alkanes) is 1. The molecule has 17 heteroatoms. The zero-order chi connectivity index (χ0) is 28.7. The zero-order valence-electron chi connectivity index (χ0n) is 20.4. The number of hydrogen-bond donors (Lipinski definition) is 10. The molecular formula is C20H36N8O8S. The standard InChI is InChI=1S/C20H36N8O8S/c1-9(25-17(32)10(22)8-37)16(31)26-11(4-2-3-5-21)18(33)27-12(6-14(23)29)19(34)28-13(20(35)36)7-15(24)30/h9-13,37H,2-8,21-22H2,1H3,(H2,23,29)(H2,24,30)(H,25,32)(H,26,31)(H,27,33)(H,28,34)(H,35,36)/t9-,10-,11-,12-,13-/m0/s1. The van der Waals surface area contributed by atoms with Gasteiger partial charge in [0.2, 0.25) is 35.4 Å². The first-order chi connectivity index (χ1) is 17.2. The molecule has 0 rings (SSSR count). The van der Waals surface area contributed by atoms with Crippen molar-refractivity contribution in [3.63, 3.8) is 0 Å². The lowest BCUT2D eigenvalue weighted by Crippen LogP contribution is -2.58. The Labute approximate surface area is 218 Å². The van der Waals surface area contributed by atoms with Crippen molar-refractivity contribution in [3.8, 4) is 0 Å². The van der Waals surface area contributed by atoms with E-state index >= 15 is 0 Å². The second-order valence-electron chi connectivity index (χ2n) is 8.17. The predicted octanol–water partition coefficient (Wildman–Crippen LogP) is -4.83. The van der Waals surface area contributed by atoms with Crippen LogP contribution < -0.4 is 44.2 Å². The number of carbonyl (C=O) groups excluding carboxylic acids is 6. The van der Waals surface area contributed by atoms with Crippen LogP contribution >= 0.6 is 12.6 Å². The van der Waals surface area contributed by atoms with Crippen molar-refractivity contribution in [1.29, 1.82) is 0 Å². The Hall–Kier alpha value is -3.44. The summed E-state index contributed by atoms with van der Waals surface area (Å²) in [7, 11) is 0. The zero-order valence-corrected chi connectivity index (χ0v) is 21.3. The lowest BCUT2D eigenvalue weighted by atomic mass is 10.1. The van der Waals surface area contributed by atoms with Crippen molar-refractivity contribution in [2.45, 2.75) is 69.2 Å². The number of hydrogen-bond acceptors (Lipinski definition) is 10. The highest BCUT2D eigenvalue weighted by Crippen LogP contribution is 2.05. The summed E-state index contributed by atoms with van der Waals surface area (Å²) in [6.45, 7) is 1.67. The van der Waals surface area contributed by atoms with Crippen LogP contribution in [0.1, 0.15) is 39.0 Å². The van der Waals surface area contributed by atoms with E-state index in [1.165, 1.54) is 6.92 Å². The van der Waals surface area contributed by atoms with Gasteiger partial charge in [-0.25, -0.2) is 4.79 Å². The minimum Gasteiger partial charge on any atom is -0.480 e. The number of amides is 6. The summed E-state index contributed by atoms with van der Waals surface area (Å²) < 4.78 is 0. The van der Waals surface area contributed by atoms with E-state index in [1.54, 1.807) is 0 Å². The second-order valence-corrected chi connectivity index (χ2v) is 8.53. The van der Waals surface area contributed by atoms with Gasteiger partial charge in [-0.05, 0) is 32.7 Å². The van der Waals surface area contributed by atoms with E-state index in [0.717, 1.165) is 0 Å². The van der Waals surface area contributed by atoms with Gasteiger partial charge in [0.1, 0.15) is 24.2 Å². The van der Waals surface area contributed by atoms with Crippen molar-refractivity contribution in [2.75, 3.05) is 12.3 Å². The molecule has 0 spiro atoms. The van der Waals surface area contributed by atoms with Gasteiger partial charge in [0.15, 0.2) is 0 Å². The van der Waals surface area contributed by atoms with Crippen LogP contribution in [0.5, 0.6) is 0 Å². The molecule has 0 aliphatic heterocycles. The number of nitrogens with one attached hydrogen (secondary N) is 4. The van der Waals surface area contributed by atoms with Crippen LogP contribution in [0, 0.1) is 0 Å². The molecule has 0 fully saturated rings. The van der Waals surface area contributed by atoms with E-state index in [2.05, 4.69) is 28.6 Å². The molecule has 0 aromatic rings. The van der Waals surface area contributed by atoms with Crippen LogP contribution in [0.2, 0.25) is 0 Å². The number of aliphatic carboxylic acids is 1. The average Bonchev–Trinajstić information content (AvgIpc) is 2.80. The van der Waals surface area contributed by atoms with E-state index in [4.69, 9.17) is 22.9 Å². The van der Waals surface area contributed by atoms with Gasteiger partial charge in [0.25, 0.3) is 0 Å². The molecule has 0 aliphatic rings. The van der Waals surface area contributed by atoms with E-state index in [-0.39, 0.29) is 12.2 Å². The Morgan fingerprint density at radius 2 is 1.24 bits per heavy atom. The van der Waals surface area contributed by atoms with E-state index < -0.39 is 84.5 Å². The number of carboxylic acids is 1. The van der Waals surface area contributed by atoms with Crippen molar-refractivity contribution in [3.05, 3.63) is 0 Å². The molecule has 0 heterocycles. The topological polar surface area (TPSA) is 292 Å². The van der Waals surface area contributed by atoms with Crippen LogP contribution in [-0.2, 0) is 33.6 Å². The smallest absolute Gasteiger partial charge is 0.326 e. The molecule has 37 heavy (non-hydrogen) atoms. The van der Waals surface area contributed by atoms with Crippen molar-refractivity contribution >= 4 is 54.0 Å². The Morgan fingerprint density at radius 1 is 0.757 bits per heavy atom. The number of carboxylic acid groups (broad SMARTS) is 1. The number of rotatable bonds is 18. The third-order valence-corrected chi connectivity index (χ3v) is 5.32. The Morgan fingerprint density at radius 3 is 1.73 bits per heavy atom. The van der Waals surface area contributed by atoms with Gasteiger partial charge in [-0.15, -0.1) is 0 Å². The van der Waals surface area contributed by atoms with E-state index in [0.29, 0.717) is 19.4 Å². The molecule has 16 nitrogen and oxygen atoms in total. The Bertz CT molecular complexity index is 858. The fraction of sp³-hybridized carbons (Fsp3) is 0.650. The fourth-order valence-electron chi connectivity index (χ4n) is 2.88. The van der Waals surface area contributed by atoms with Gasteiger partial charge in [0.05, 0.1) is 18.9 Å². The van der Waals surface area contributed by atoms with Gasteiger partial charge >= 0.3 is 5.97 Å². The highest BCUT2D eigenvalue weighted by atomic mass is 32.1. The van der Waals surface area contributed by atoms with Crippen LogP contribution in [-0.4, -0.2) is 89.0 Å². The molecule has 6 amide bonds. The number of nitrogens with two attached hydrogens (primary N) is 4. The molecule has 0 radical (unpaired) electrons. The molecule has 0 aliphatic carbocycles. The highest BCUT2D eigenvalue weighted by molar-refractivity contribution is 7.80. The van der Waals surface area contributed by atoms with Gasteiger partial charge in [-0.3, -0.25) is 28.8 Å². The average molecular weight is 549 g/mol. The van der Waals surface area contributed by atoms with Gasteiger partial charge in [-0.2, -0.15) is 12.6 Å². The summed E-state index contributed by atoms with van der Waals surface area (Å²) >= 11 is 3.91. The molecule has 5 atom stereocenters. The monoisotopic (exact) mass is 548 g/mol.